The number of aliphatic hydroxyl groups excluding tert-OH is 1. The topological polar surface area (TPSA) is 70.1 Å². The number of rotatable bonds is 8. The van der Waals surface area contributed by atoms with Crippen molar-refractivity contribution in [3.8, 4) is 5.75 Å². The Bertz CT molecular complexity index is 985. The normalized spacial score (nSPS) is 18.1. The SMILES string of the molecule is CCCOc1cccc([C@@H]2C(=C(O)c3ccc(Cl)cc3)C(=O)C(=O)N2CCN(C)C)c1. The van der Waals surface area contributed by atoms with Crippen molar-refractivity contribution in [2.24, 2.45) is 0 Å². The van der Waals surface area contributed by atoms with Crippen LogP contribution in [-0.4, -0.2) is 60.4 Å². The molecule has 0 saturated carbocycles. The van der Waals surface area contributed by atoms with E-state index in [0.29, 0.717) is 41.6 Å². The first-order valence-electron chi connectivity index (χ1n) is 10.2. The Balaban J connectivity index is 2.11. The zero-order chi connectivity index (χ0) is 22.5. The smallest absolute Gasteiger partial charge is 0.295 e. The Kier molecular flexibility index (Phi) is 7.36. The zero-order valence-corrected chi connectivity index (χ0v) is 18.7. The Labute approximate surface area is 187 Å². The molecule has 1 N–H and O–H groups in total. The molecule has 0 bridgehead atoms. The molecule has 6 nitrogen and oxygen atoms in total. The average Bonchev–Trinajstić information content (AvgIpc) is 3.01. The quantitative estimate of drug-likeness (QED) is 0.378. The molecule has 0 radical (unpaired) electrons. The molecular formula is C24H27ClN2O4. The average molecular weight is 443 g/mol. The second kappa shape index (κ2) is 9.98. The molecule has 7 heteroatoms. The van der Waals surface area contributed by atoms with Crippen molar-refractivity contribution in [3.05, 3.63) is 70.3 Å². The van der Waals surface area contributed by atoms with Crippen LogP contribution in [0.1, 0.15) is 30.5 Å². The van der Waals surface area contributed by atoms with Gasteiger partial charge in [0.2, 0.25) is 0 Å². The molecule has 0 aromatic heterocycles. The first-order valence-corrected chi connectivity index (χ1v) is 10.6. The maximum atomic E-state index is 13.0. The Morgan fingerprint density at radius 3 is 2.52 bits per heavy atom. The highest BCUT2D eigenvalue weighted by Crippen LogP contribution is 2.40. The zero-order valence-electron chi connectivity index (χ0n) is 18.0. The Morgan fingerprint density at radius 1 is 1.16 bits per heavy atom. The van der Waals surface area contributed by atoms with E-state index in [1.54, 1.807) is 24.3 Å². The van der Waals surface area contributed by atoms with E-state index in [-0.39, 0.29) is 11.3 Å². The van der Waals surface area contributed by atoms with E-state index in [1.807, 2.05) is 50.2 Å². The van der Waals surface area contributed by atoms with Crippen LogP contribution < -0.4 is 4.74 Å². The van der Waals surface area contributed by atoms with Crippen molar-refractivity contribution in [2.75, 3.05) is 33.8 Å². The van der Waals surface area contributed by atoms with Gasteiger partial charge in [0.15, 0.2) is 0 Å². The molecule has 2 aromatic carbocycles. The predicted molar refractivity (Wildman–Crippen MR) is 121 cm³/mol. The number of aliphatic hydroxyl groups is 1. The Morgan fingerprint density at radius 2 is 1.87 bits per heavy atom. The number of hydrogen-bond acceptors (Lipinski definition) is 5. The maximum Gasteiger partial charge on any atom is 0.295 e. The van der Waals surface area contributed by atoms with Gasteiger partial charge in [0.05, 0.1) is 18.2 Å². The molecule has 0 unspecified atom stereocenters. The molecule has 1 aliphatic heterocycles. The van der Waals surface area contributed by atoms with E-state index in [0.717, 1.165) is 6.42 Å². The Hall–Kier alpha value is -2.83. The van der Waals surface area contributed by atoms with Gasteiger partial charge in [-0.15, -0.1) is 0 Å². The lowest BCUT2D eigenvalue weighted by molar-refractivity contribution is -0.140. The van der Waals surface area contributed by atoms with Crippen molar-refractivity contribution in [3.63, 3.8) is 0 Å². The van der Waals surface area contributed by atoms with Crippen molar-refractivity contribution in [1.82, 2.24) is 9.80 Å². The third-order valence-electron chi connectivity index (χ3n) is 5.09. The second-order valence-corrected chi connectivity index (χ2v) is 8.16. The van der Waals surface area contributed by atoms with Gasteiger partial charge < -0.3 is 19.6 Å². The molecule has 0 spiro atoms. The van der Waals surface area contributed by atoms with Crippen molar-refractivity contribution < 1.29 is 19.4 Å². The minimum atomic E-state index is -0.708. The van der Waals surface area contributed by atoms with Crippen LogP contribution in [0.4, 0.5) is 0 Å². The summed E-state index contributed by atoms with van der Waals surface area (Å²) in [6, 6.07) is 13.1. The highest BCUT2D eigenvalue weighted by atomic mass is 35.5. The fraction of sp³-hybridized carbons (Fsp3) is 0.333. The van der Waals surface area contributed by atoms with Crippen LogP contribution in [0.5, 0.6) is 5.75 Å². The monoisotopic (exact) mass is 442 g/mol. The molecule has 1 fully saturated rings. The summed E-state index contributed by atoms with van der Waals surface area (Å²) in [7, 11) is 3.80. The first-order chi connectivity index (χ1) is 14.8. The van der Waals surface area contributed by atoms with E-state index < -0.39 is 17.7 Å². The van der Waals surface area contributed by atoms with Crippen molar-refractivity contribution in [2.45, 2.75) is 19.4 Å². The summed E-state index contributed by atoms with van der Waals surface area (Å²) in [6.07, 6.45) is 0.863. The third kappa shape index (κ3) is 5.09. The maximum absolute atomic E-state index is 13.0. The number of carbonyl (C=O) groups excluding carboxylic acids is 2. The fourth-order valence-corrected chi connectivity index (χ4v) is 3.65. The minimum absolute atomic E-state index is 0.0683. The van der Waals surface area contributed by atoms with Crippen molar-refractivity contribution in [1.29, 1.82) is 0 Å². The lowest BCUT2D eigenvalue weighted by Crippen LogP contribution is -2.35. The molecule has 1 heterocycles. The van der Waals surface area contributed by atoms with Gasteiger partial charge in [-0.1, -0.05) is 30.7 Å². The minimum Gasteiger partial charge on any atom is -0.507 e. The first kappa shape index (κ1) is 22.8. The molecular weight excluding hydrogens is 416 g/mol. The van der Waals surface area contributed by atoms with E-state index >= 15 is 0 Å². The second-order valence-electron chi connectivity index (χ2n) is 7.72. The van der Waals surface area contributed by atoms with Gasteiger partial charge in [-0.25, -0.2) is 0 Å². The van der Waals surface area contributed by atoms with Crippen molar-refractivity contribution >= 4 is 29.1 Å². The molecule has 1 atom stereocenters. The molecule has 164 valence electrons. The number of carbonyl (C=O) groups is 2. The lowest BCUT2D eigenvalue weighted by Gasteiger charge is -2.27. The van der Waals surface area contributed by atoms with Gasteiger partial charge in [0, 0.05) is 23.7 Å². The van der Waals surface area contributed by atoms with Crippen LogP contribution in [-0.2, 0) is 9.59 Å². The lowest BCUT2D eigenvalue weighted by atomic mass is 9.95. The van der Waals surface area contributed by atoms with E-state index in [2.05, 4.69) is 0 Å². The molecule has 3 rings (SSSR count). The number of likely N-dealkylation sites (N-methyl/N-ethyl adjacent to an activating group) is 1. The number of likely N-dealkylation sites (tertiary alicyclic amines) is 1. The van der Waals surface area contributed by atoms with Gasteiger partial charge >= 0.3 is 0 Å². The highest BCUT2D eigenvalue weighted by Gasteiger charge is 2.46. The van der Waals surface area contributed by atoms with Crippen LogP contribution in [0.25, 0.3) is 5.76 Å². The molecule has 2 aromatic rings. The van der Waals surface area contributed by atoms with E-state index in [9.17, 15) is 14.7 Å². The van der Waals surface area contributed by atoms with Gasteiger partial charge in [0.1, 0.15) is 11.5 Å². The summed E-state index contributed by atoms with van der Waals surface area (Å²) in [4.78, 5) is 29.4. The van der Waals surface area contributed by atoms with Gasteiger partial charge in [-0.3, -0.25) is 9.59 Å². The standard InChI is InChI=1S/C24H27ClN2O4/c1-4-14-31-19-7-5-6-17(15-19)21-20(22(28)16-8-10-18(25)11-9-16)23(29)24(30)27(21)13-12-26(2)3/h5-11,15,21,28H,4,12-14H2,1-3H3/t21-/m1/s1. The number of amides is 1. The third-order valence-corrected chi connectivity index (χ3v) is 5.34. The van der Waals surface area contributed by atoms with Crippen LogP contribution in [0.15, 0.2) is 54.1 Å². The van der Waals surface area contributed by atoms with Crippen LogP contribution in [0.3, 0.4) is 0 Å². The number of nitrogens with zero attached hydrogens (tertiary/aromatic N) is 2. The van der Waals surface area contributed by atoms with E-state index in [1.165, 1.54) is 4.90 Å². The van der Waals surface area contributed by atoms with Gasteiger partial charge in [0.25, 0.3) is 11.7 Å². The number of Topliss-reactive ketones (excluding diaryl/α,β-unsaturated/α-hetero) is 1. The largest absolute Gasteiger partial charge is 0.507 e. The molecule has 1 aliphatic rings. The molecule has 31 heavy (non-hydrogen) atoms. The van der Waals surface area contributed by atoms with Crippen LogP contribution in [0.2, 0.25) is 5.02 Å². The number of ketones is 1. The van der Waals surface area contributed by atoms with Crippen LogP contribution >= 0.6 is 11.6 Å². The van der Waals surface area contributed by atoms with Gasteiger partial charge in [-0.2, -0.15) is 0 Å². The summed E-state index contributed by atoms with van der Waals surface area (Å²) in [5.41, 5.74) is 1.21. The summed E-state index contributed by atoms with van der Waals surface area (Å²) in [6.45, 7) is 3.51. The van der Waals surface area contributed by atoms with E-state index in [4.69, 9.17) is 16.3 Å². The summed E-state index contributed by atoms with van der Waals surface area (Å²) in [5.74, 6) is -0.880. The highest BCUT2D eigenvalue weighted by molar-refractivity contribution is 6.46. The fourth-order valence-electron chi connectivity index (χ4n) is 3.52. The number of hydrogen-bond donors (Lipinski definition) is 1. The predicted octanol–water partition coefficient (Wildman–Crippen LogP) is 4.11. The van der Waals surface area contributed by atoms with Crippen LogP contribution in [0, 0.1) is 0 Å². The summed E-state index contributed by atoms with van der Waals surface area (Å²) >= 11 is 5.96. The molecule has 1 amide bonds. The number of benzene rings is 2. The number of ether oxygens (including phenoxy) is 1. The summed E-state index contributed by atoms with van der Waals surface area (Å²) in [5, 5.41) is 11.5. The summed E-state index contributed by atoms with van der Waals surface area (Å²) < 4.78 is 5.75. The van der Waals surface area contributed by atoms with Gasteiger partial charge in [-0.05, 0) is 62.5 Å². The molecule has 0 aliphatic carbocycles. The molecule has 1 saturated heterocycles. The number of halogens is 1.